The molecule has 1 fully saturated rings. The van der Waals surface area contributed by atoms with E-state index in [0.717, 1.165) is 35.5 Å². The number of aliphatic carboxylic acids is 1. The number of rotatable bonds is 13. The summed E-state index contributed by atoms with van der Waals surface area (Å²) in [5, 5.41) is 8.23. The fourth-order valence-electron chi connectivity index (χ4n) is 5.18. The fourth-order valence-corrected chi connectivity index (χ4v) is 5.18. The Balaban J connectivity index is 1.58. The molecular formula is C30H37B2NO5. The molecule has 1 aliphatic carbocycles. The number of hydrogen-bond acceptors (Lipinski definition) is 4. The largest absolute Gasteiger partial charge is 0.493 e. The molecule has 1 aliphatic rings. The molecule has 0 bridgehead atoms. The van der Waals surface area contributed by atoms with Gasteiger partial charge in [-0.3, -0.25) is 9.59 Å². The zero-order valence-corrected chi connectivity index (χ0v) is 22.9. The van der Waals surface area contributed by atoms with Crippen molar-refractivity contribution in [1.29, 1.82) is 0 Å². The van der Waals surface area contributed by atoms with Crippen molar-refractivity contribution in [1.82, 2.24) is 4.90 Å². The SMILES string of the molecule is BC(B)(c1cc(C2CC2)ccc1OCCCCCC(=O)O)N(C(=O)c1ccc(-c2ccco2)cc1)C(C)C. The van der Waals surface area contributed by atoms with Crippen LogP contribution in [0.1, 0.15) is 79.8 Å². The summed E-state index contributed by atoms with van der Waals surface area (Å²) < 4.78 is 11.8. The first-order chi connectivity index (χ1) is 18.2. The van der Waals surface area contributed by atoms with E-state index >= 15 is 0 Å². The third-order valence-electron chi connectivity index (χ3n) is 7.28. The number of furan rings is 1. The summed E-state index contributed by atoms with van der Waals surface area (Å²) in [6.07, 6.45) is 6.44. The fraction of sp³-hybridized carbons (Fsp3) is 0.400. The average molecular weight is 513 g/mol. The predicted molar refractivity (Wildman–Crippen MR) is 154 cm³/mol. The lowest BCUT2D eigenvalue weighted by molar-refractivity contribution is -0.137. The highest BCUT2D eigenvalue weighted by Crippen LogP contribution is 2.43. The molecule has 0 spiro atoms. The van der Waals surface area contributed by atoms with Crippen molar-refractivity contribution in [3.63, 3.8) is 0 Å². The predicted octanol–water partition coefficient (Wildman–Crippen LogP) is 4.78. The minimum absolute atomic E-state index is 0.0348. The Morgan fingerprint density at radius 1 is 1.08 bits per heavy atom. The van der Waals surface area contributed by atoms with Crippen LogP contribution in [0.5, 0.6) is 5.75 Å². The summed E-state index contributed by atoms with van der Waals surface area (Å²) in [6.45, 7) is 4.60. The van der Waals surface area contributed by atoms with Gasteiger partial charge in [0.25, 0.3) is 5.91 Å². The second kappa shape index (κ2) is 12.0. The molecule has 2 aromatic carbocycles. The topological polar surface area (TPSA) is 80.0 Å². The maximum Gasteiger partial charge on any atom is 0.303 e. The smallest absolute Gasteiger partial charge is 0.303 e. The Labute approximate surface area is 227 Å². The molecule has 1 saturated carbocycles. The molecular weight excluding hydrogens is 476 g/mol. The lowest BCUT2D eigenvalue weighted by Crippen LogP contribution is -2.54. The molecule has 0 atom stereocenters. The van der Waals surface area contributed by atoms with Crippen molar-refractivity contribution in [2.24, 2.45) is 0 Å². The summed E-state index contributed by atoms with van der Waals surface area (Å²) >= 11 is 0. The third-order valence-corrected chi connectivity index (χ3v) is 7.28. The van der Waals surface area contributed by atoms with Gasteiger partial charge in [-0.1, -0.05) is 24.3 Å². The van der Waals surface area contributed by atoms with Crippen LogP contribution in [0, 0.1) is 0 Å². The van der Waals surface area contributed by atoms with Gasteiger partial charge in [-0.2, -0.15) is 0 Å². The van der Waals surface area contributed by atoms with Crippen LogP contribution in [0.15, 0.2) is 65.3 Å². The summed E-state index contributed by atoms with van der Waals surface area (Å²) in [6, 6.07) is 17.7. The highest BCUT2D eigenvalue weighted by Gasteiger charge is 2.38. The maximum atomic E-state index is 13.9. The Bertz CT molecular complexity index is 1230. The highest BCUT2D eigenvalue weighted by atomic mass is 16.5. The molecule has 6 nitrogen and oxygen atoms in total. The van der Waals surface area contributed by atoms with Crippen LogP contribution in [0.3, 0.4) is 0 Å². The maximum absolute atomic E-state index is 13.9. The third kappa shape index (κ3) is 6.53. The number of carbonyl (C=O) groups excluding carboxylic acids is 1. The molecule has 0 unspecified atom stereocenters. The zero-order chi connectivity index (χ0) is 27.3. The van der Waals surface area contributed by atoms with Crippen LogP contribution < -0.4 is 4.74 Å². The van der Waals surface area contributed by atoms with Gasteiger partial charge in [0.2, 0.25) is 0 Å². The summed E-state index contributed by atoms with van der Waals surface area (Å²) in [7, 11) is 4.18. The van der Waals surface area contributed by atoms with Crippen molar-refractivity contribution < 1.29 is 23.8 Å². The molecule has 3 aromatic rings. The molecule has 1 aromatic heterocycles. The Morgan fingerprint density at radius 2 is 1.82 bits per heavy atom. The van der Waals surface area contributed by atoms with Gasteiger partial charge in [0.1, 0.15) is 27.2 Å². The van der Waals surface area contributed by atoms with Crippen molar-refractivity contribution in [2.75, 3.05) is 6.61 Å². The Kier molecular flexibility index (Phi) is 8.70. The van der Waals surface area contributed by atoms with Crippen molar-refractivity contribution in [2.45, 2.75) is 69.7 Å². The van der Waals surface area contributed by atoms with Crippen LogP contribution in [0.2, 0.25) is 0 Å². The molecule has 0 radical (unpaired) electrons. The summed E-state index contributed by atoms with van der Waals surface area (Å²) in [5.41, 5.74) is 3.85. The lowest BCUT2D eigenvalue weighted by atomic mass is 9.56. The number of benzene rings is 2. The molecule has 0 aliphatic heterocycles. The van der Waals surface area contributed by atoms with Gasteiger partial charge < -0.3 is 19.2 Å². The van der Waals surface area contributed by atoms with E-state index in [1.165, 1.54) is 18.4 Å². The van der Waals surface area contributed by atoms with Crippen molar-refractivity contribution in [3.8, 4) is 17.1 Å². The first-order valence-electron chi connectivity index (χ1n) is 13.6. The number of carbonyl (C=O) groups is 2. The van der Waals surface area contributed by atoms with E-state index in [1.54, 1.807) is 6.26 Å². The van der Waals surface area contributed by atoms with E-state index in [1.807, 2.05) is 61.2 Å². The number of nitrogens with zero attached hydrogens (tertiary/aromatic N) is 1. The standard InChI is InChI=1S/C30H37B2NO5/c1-20(2)33(29(36)23-13-11-22(12-14-23)26-7-6-18-37-26)30(31,32)25-19-24(21-9-10-21)15-16-27(25)38-17-5-3-4-8-28(34)35/h6-7,11-16,18-21H,3-5,8-10,17,31-32H2,1-2H3,(H,34,35). The Morgan fingerprint density at radius 3 is 2.42 bits per heavy atom. The van der Waals surface area contributed by atoms with Crippen molar-refractivity contribution in [3.05, 3.63) is 77.6 Å². The van der Waals surface area contributed by atoms with Crippen LogP contribution >= 0.6 is 0 Å². The number of hydrogen-bond donors (Lipinski definition) is 1. The lowest BCUT2D eigenvalue weighted by Gasteiger charge is -2.43. The van der Waals surface area contributed by atoms with Gasteiger partial charge in [-0.05, 0) is 87.8 Å². The molecule has 198 valence electrons. The first-order valence-corrected chi connectivity index (χ1v) is 13.6. The number of carboxylic acids is 1. The van der Waals surface area contributed by atoms with Crippen LogP contribution in [-0.2, 0) is 10.1 Å². The van der Waals surface area contributed by atoms with E-state index in [2.05, 4.69) is 27.8 Å². The van der Waals surface area contributed by atoms with E-state index in [4.69, 9.17) is 14.3 Å². The van der Waals surface area contributed by atoms with E-state index in [0.29, 0.717) is 24.5 Å². The summed E-state index contributed by atoms with van der Waals surface area (Å²) in [4.78, 5) is 26.7. The van der Waals surface area contributed by atoms with E-state index < -0.39 is 11.3 Å². The van der Waals surface area contributed by atoms with Gasteiger partial charge in [-0.15, -0.1) is 0 Å². The molecule has 1 amide bonds. The number of ether oxygens (including phenoxy) is 1. The second-order valence-electron chi connectivity index (χ2n) is 11.0. The van der Waals surface area contributed by atoms with Gasteiger partial charge >= 0.3 is 5.97 Å². The molecule has 38 heavy (non-hydrogen) atoms. The molecule has 4 rings (SSSR count). The number of unbranched alkanes of at least 4 members (excludes halogenated alkanes) is 2. The zero-order valence-electron chi connectivity index (χ0n) is 22.9. The monoisotopic (exact) mass is 513 g/mol. The highest BCUT2D eigenvalue weighted by molar-refractivity contribution is 6.41. The van der Waals surface area contributed by atoms with Crippen LogP contribution in [0.25, 0.3) is 11.3 Å². The minimum Gasteiger partial charge on any atom is -0.493 e. The first kappa shape index (κ1) is 27.6. The summed E-state index contributed by atoms with van der Waals surface area (Å²) in [5.74, 6) is 1.33. The number of amides is 1. The average Bonchev–Trinajstić information content (AvgIpc) is 3.59. The molecule has 8 heteroatoms. The van der Waals surface area contributed by atoms with Gasteiger partial charge in [0.05, 0.1) is 12.9 Å². The number of carboxylic acid groups (broad SMARTS) is 1. The van der Waals surface area contributed by atoms with Gasteiger partial charge in [-0.25, -0.2) is 0 Å². The molecule has 0 saturated heterocycles. The minimum atomic E-state index is -0.764. The van der Waals surface area contributed by atoms with Crippen molar-refractivity contribution >= 4 is 27.6 Å². The second-order valence-corrected chi connectivity index (χ2v) is 11.0. The van der Waals surface area contributed by atoms with E-state index in [-0.39, 0.29) is 18.4 Å². The van der Waals surface area contributed by atoms with Crippen LogP contribution in [0.4, 0.5) is 0 Å². The molecule has 1 heterocycles. The van der Waals surface area contributed by atoms with Gasteiger partial charge in [0, 0.05) is 34.5 Å². The quantitative estimate of drug-likeness (QED) is 0.263. The van der Waals surface area contributed by atoms with Gasteiger partial charge in [0.15, 0.2) is 0 Å². The normalized spacial score (nSPS) is 13.4. The molecule has 1 N–H and O–H groups in total. The van der Waals surface area contributed by atoms with E-state index in [9.17, 15) is 9.59 Å². The van der Waals surface area contributed by atoms with Crippen LogP contribution in [-0.4, -0.2) is 50.2 Å². The Hall–Kier alpha value is -3.41.